The van der Waals surface area contributed by atoms with Gasteiger partial charge in [-0.1, -0.05) is 12.8 Å². The lowest BCUT2D eigenvalue weighted by molar-refractivity contribution is -0.140. The maximum Gasteiger partial charge on any atom is 0.321 e. The third-order valence-corrected chi connectivity index (χ3v) is 3.64. The fraction of sp³-hybridized carbons (Fsp3) is 0.692. The molecular formula is C13H21N3O5. The molecule has 0 spiro atoms. The van der Waals surface area contributed by atoms with E-state index in [1.807, 2.05) is 0 Å². The van der Waals surface area contributed by atoms with Gasteiger partial charge in [-0.3, -0.25) is 19.7 Å². The molecule has 0 heterocycles. The van der Waals surface area contributed by atoms with E-state index in [1.54, 1.807) is 0 Å². The molecular weight excluding hydrogens is 278 g/mol. The summed E-state index contributed by atoms with van der Waals surface area (Å²) in [4.78, 5) is 44.7. The first-order valence-corrected chi connectivity index (χ1v) is 6.91. The highest BCUT2D eigenvalue weighted by Gasteiger charge is 2.38. The van der Waals surface area contributed by atoms with Crippen LogP contribution in [0.4, 0.5) is 4.79 Å². The monoisotopic (exact) mass is 299 g/mol. The number of carboxylic acids is 1. The fourth-order valence-corrected chi connectivity index (χ4v) is 2.72. The third kappa shape index (κ3) is 6.24. The largest absolute Gasteiger partial charge is 0.481 e. The van der Waals surface area contributed by atoms with E-state index >= 15 is 0 Å². The molecule has 0 atom stereocenters. The molecule has 1 saturated carbocycles. The zero-order chi connectivity index (χ0) is 15.9. The minimum Gasteiger partial charge on any atom is -0.481 e. The van der Waals surface area contributed by atoms with E-state index in [1.165, 1.54) is 0 Å². The van der Waals surface area contributed by atoms with Gasteiger partial charge in [0.05, 0.1) is 6.42 Å². The van der Waals surface area contributed by atoms with Crippen molar-refractivity contribution in [3.8, 4) is 0 Å². The van der Waals surface area contributed by atoms with Crippen LogP contribution in [0, 0.1) is 5.41 Å². The summed E-state index contributed by atoms with van der Waals surface area (Å²) in [5.41, 5.74) is 4.37. The van der Waals surface area contributed by atoms with Crippen LogP contribution in [0.5, 0.6) is 0 Å². The van der Waals surface area contributed by atoms with Gasteiger partial charge >= 0.3 is 12.0 Å². The molecule has 0 aliphatic heterocycles. The highest BCUT2D eigenvalue weighted by molar-refractivity contribution is 5.94. The Hall–Kier alpha value is -2.12. The van der Waals surface area contributed by atoms with Crippen LogP contribution in [-0.4, -0.2) is 35.5 Å². The van der Waals surface area contributed by atoms with Crippen LogP contribution in [-0.2, 0) is 14.4 Å². The molecule has 21 heavy (non-hydrogen) atoms. The minimum atomic E-state index is -0.935. The SMILES string of the molecule is NC(=O)CCNC(=O)NC(=O)CC1(CC(=O)O)CCCC1. The van der Waals surface area contributed by atoms with E-state index in [4.69, 9.17) is 10.8 Å². The molecule has 0 unspecified atom stereocenters. The first kappa shape index (κ1) is 16.9. The summed E-state index contributed by atoms with van der Waals surface area (Å²) in [5.74, 6) is -1.99. The predicted octanol–water partition coefficient (Wildman–Crippen LogP) is 0.113. The smallest absolute Gasteiger partial charge is 0.321 e. The average Bonchev–Trinajstić information content (AvgIpc) is 2.75. The quantitative estimate of drug-likeness (QED) is 0.528. The first-order chi connectivity index (χ1) is 9.83. The number of carboxylic acid groups (broad SMARTS) is 1. The summed E-state index contributed by atoms with van der Waals surface area (Å²) in [6.45, 7) is 0.0503. The van der Waals surface area contributed by atoms with Gasteiger partial charge in [-0.15, -0.1) is 0 Å². The number of imide groups is 1. The van der Waals surface area contributed by atoms with Gasteiger partial charge < -0.3 is 16.2 Å². The predicted molar refractivity (Wildman–Crippen MR) is 73.1 cm³/mol. The van der Waals surface area contributed by atoms with Crippen molar-refractivity contribution < 1.29 is 24.3 Å². The van der Waals surface area contributed by atoms with Crippen molar-refractivity contribution in [2.45, 2.75) is 44.9 Å². The van der Waals surface area contributed by atoms with Gasteiger partial charge in [-0.2, -0.15) is 0 Å². The number of rotatable bonds is 7. The second-order valence-electron chi connectivity index (χ2n) is 5.47. The Kier molecular flexibility index (Phi) is 6.13. The molecule has 4 amide bonds. The molecule has 0 saturated heterocycles. The molecule has 0 radical (unpaired) electrons. The minimum absolute atomic E-state index is 0.00936. The number of amides is 4. The first-order valence-electron chi connectivity index (χ1n) is 6.91. The number of carbonyl (C=O) groups excluding carboxylic acids is 3. The molecule has 0 aromatic heterocycles. The van der Waals surface area contributed by atoms with Crippen LogP contribution < -0.4 is 16.4 Å². The molecule has 118 valence electrons. The molecule has 1 aliphatic rings. The maximum atomic E-state index is 11.8. The Bertz CT molecular complexity index is 430. The van der Waals surface area contributed by atoms with Crippen molar-refractivity contribution in [2.24, 2.45) is 11.1 Å². The summed E-state index contributed by atoms with van der Waals surface area (Å²) < 4.78 is 0. The van der Waals surface area contributed by atoms with Crippen LogP contribution in [0.15, 0.2) is 0 Å². The van der Waals surface area contributed by atoms with Gasteiger partial charge in [0.2, 0.25) is 11.8 Å². The van der Waals surface area contributed by atoms with Crippen LogP contribution in [0.2, 0.25) is 0 Å². The van der Waals surface area contributed by atoms with E-state index in [0.717, 1.165) is 12.8 Å². The van der Waals surface area contributed by atoms with Crippen LogP contribution >= 0.6 is 0 Å². The van der Waals surface area contributed by atoms with Crippen molar-refractivity contribution in [2.75, 3.05) is 6.54 Å². The van der Waals surface area contributed by atoms with Gasteiger partial charge in [0.1, 0.15) is 0 Å². The van der Waals surface area contributed by atoms with E-state index < -0.39 is 29.2 Å². The Balaban J connectivity index is 2.42. The number of carbonyl (C=O) groups is 4. The summed E-state index contributed by atoms with van der Waals surface area (Å²) in [7, 11) is 0. The van der Waals surface area contributed by atoms with Gasteiger partial charge in [0, 0.05) is 19.4 Å². The van der Waals surface area contributed by atoms with Crippen molar-refractivity contribution in [1.82, 2.24) is 10.6 Å². The van der Waals surface area contributed by atoms with Crippen molar-refractivity contribution in [3.63, 3.8) is 0 Å². The van der Waals surface area contributed by atoms with Crippen molar-refractivity contribution in [3.05, 3.63) is 0 Å². The van der Waals surface area contributed by atoms with E-state index in [0.29, 0.717) is 12.8 Å². The number of primary amides is 1. The number of aliphatic carboxylic acids is 1. The number of nitrogens with two attached hydrogens (primary N) is 1. The molecule has 0 aromatic rings. The van der Waals surface area contributed by atoms with Crippen molar-refractivity contribution in [1.29, 1.82) is 0 Å². The molecule has 1 aliphatic carbocycles. The normalized spacial score (nSPS) is 16.2. The van der Waals surface area contributed by atoms with E-state index in [-0.39, 0.29) is 25.8 Å². The molecule has 8 heteroatoms. The number of nitrogens with one attached hydrogen (secondary N) is 2. The summed E-state index contributed by atoms with van der Waals surface area (Å²) in [6.07, 6.45) is 3.08. The lowest BCUT2D eigenvalue weighted by Gasteiger charge is -2.26. The Labute approximate surface area is 122 Å². The van der Waals surface area contributed by atoms with Crippen LogP contribution in [0.1, 0.15) is 44.9 Å². The summed E-state index contributed by atoms with van der Waals surface area (Å²) >= 11 is 0. The number of hydrogen-bond donors (Lipinski definition) is 4. The van der Waals surface area contributed by atoms with Gasteiger partial charge in [-0.25, -0.2) is 4.79 Å². The van der Waals surface area contributed by atoms with Crippen molar-refractivity contribution >= 4 is 23.8 Å². The lowest BCUT2D eigenvalue weighted by atomic mass is 9.79. The fourth-order valence-electron chi connectivity index (χ4n) is 2.72. The highest BCUT2D eigenvalue weighted by atomic mass is 16.4. The molecule has 1 rings (SSSR count). The zero-order valence-corrected chi connectivity index (χ0v) is 11.8. The highest BCUT2D eigenvalue weighted by Crippen LogP contribution is 2.43. The maximum absolute atomic E-state index is 11.8. The average molecular weight is 299 g/mol. The topological polar surface area (TPSA) is 139 Å². The summed E-state index contributed by atoms with van der Waals surface area (Å²) in [5, 5.41) is 13.4. The standard InChI is InChI=1S/C13H21N3O5/c14-9(17)3-6-15-12(21)16-10(18)7-13(8-11(19)20)4-1-2-5-13/h1-8H2,(H2,14,17)(H,19,20)(H2,15,16,18,21). The number of hydrogen-bond acceptors (Lipinski definition) is 4. The zero-order valence-electron chi connectivity index (χ0n) is 11.8. The Morgan fingerprint density at radius 3 is 2.24 bits per heavy atom. The molecule has 5 N–H and O–H groups in total. The molecule has 8 nitrogen and oxygen atoms in total. The van der Waals surface area contributed by atoms with Crippen LogP contribution in [0.25, 0.3) is 0 Å². The molecule has 0 aromatic carbocycles. The Morgan fingerprint density at radius 1 is 1.10 bits per heavy atom. The van der Waals surface area contributed by atoms with Gasteiger partial charge in [0.15, 0.2) is 0 Å². The molecule has 1 fully saturated rings. The van der Waals surface area contributed by atoms with E-state index in [9.17, 15) is 19.2 Å². The Morgan fingerprint density at radius 2 is 1.71 bits per heavy atom. The summed E-state index contributed by atoms with van der Waals surface area (Å²) in [6, 6.07) is -0.704. The van der Waals surface area contributed by atoms with Gasteiger partial charge in [0.25, 0.3) is 0 Å². The second-order valence-corrected chi connectivity index (χ2v) is 5.47. The lowest BCUT2D eigenvalue weighted by Crippen LogP contribution is -2.42. The van der Waals surface area contributed by atoms with E-state index in [2.05, 4.69) is 10.6 Å². The third-order valence-electron chi connectivity index (χ3n) is 3.64. The van der Waals surface area contributed by atoms with Crippen LogP contribution in [0.3, 0.4) is 0 Å². The molecule has 0 bridgehead atoms. The number of urea groups is 1. The van der Waals surface area contributed by atoms with Gasteiger partial charge in [-0.05, 0) is 18.3 Å². The second kappa shape index (κ2) is 7.61.